The lowest BCUT2D eigenvalue weighted by Crippen LogP contribution is -2.49. The molecular formula is C22H24FN3OS. The van der Waals surface area contributed by atoms with Gasteiger partial charge in [0, 0.05) is 26.2 Å². The molecular weight excluding hydrogens is 373 g/mol. The van der Waals surface area contributed by atoms with Crippen LogP contribution in [0.5, 0.6) is 0 Å². The predicted octanol–water partition coefficient (Wildman–Crippen LogP) is 4.45. The van der Waals surface area contributed by atoms with E-state index >= 15 is 0 Å². The van der Waals surface area contributed by atoms with Crippen LogP contribution in [0.2, 0.25) is 0 Å². The van der Waals surface area contributed by atoms with E-state index in [1.54, 1.807) is 6.07 Å². The average molecular weight is 398 g/mol. The summed E-state index contributed by atoms with van der Waals surface area (Å²) in [5.74, 6) is 0.430. The van der Waals surface area contributed by atoms with Gasteiger partial charge in [0.2, 0.25) is 5.91 Å². The van der Waals surface area contributed by atoms with Crippen molar-refractivity contribution in [2.75, 3.05) is 31.1 Å². The number of piperazine rings is 1. The summed E-state index contributed by atoms with van der Waals surface area (Å²) >= 11 is 1.51. The number of nitrogens with zero attached hydrogens (tertiary/aromatic N) is 3. The van der Waals surface area contributed by atoms with Gasteiger partial charge in [-0.1, -0.05) is 49.4 Å². The SMILES string of the molecule is CC(C)c1ccc(CC(=O)N2CCN(c3nc4ccc(F)cc4s3)CC2)cc1. The molecule has 3 aromatic rings. The summed E-state index contributed by atoms with van der Waals surface area (Å²) in [6.07, 6.45) is 0.443. The largest absolute Gasteiger partial charge is 0.345 e. The first-order valence-electron chi connectivity index (χ1n) is 9.67. The van der Waals surface area contributed by atoms with Gasteiger partial charge in [-0.25, -0.2) is 9.37 Å². The molecule has 4 rings (SSSR count). The Hall–Kier alpha value is -2.47. The van der Waals surface area contributed by atoms with Gasteiger partial charge < -0.3 is 9.80 Å². The van der Waals surface area contributed by atoms with Gasteiger partial charge in [-0.15, -0.1) is 0 Å². The molecule has 0 saturated carbocycles. The van der Waals surface area contributed by atoms with Crippen molar-refractivity contribution in [3.63, 3.8) is 0 Å². The van der Waals surface area contributed by atoms with Gasteiger partial charge in [0.15, 0.2) is 5.13 Å². The van der Waals surface area contributed by atoms with Gasteiger partial charge >= 0.3 is 0 Å². The van der Waals surface area contributed by atoms with E-state index in [2.05, 4.69) is 48.0 Å². The van der Waals surface area contributed by atoms with Gasteiger partial charge in [-0.3, -0.25) is 4.79 Å². The van der Waals surface area contributed by atoms with Crippen LogP contribution >= 0.6 is 11.3 Å². The number of carbonyl (C=O) groups excluding carboxylic acids is 1. The van der Waals surface area contributed by atoms with Crippen LogP contribution in [0.1, 0.15) is 30.9 Å². The van der Waals surface area contributed by atoms with Crippen molar-refractivity contribution in [3.05, 3.63) is 59.4 Å². The maximum atomic E-state index is 13.4. The molecule has 146 valence electrons. The standard InChI is InChI=1S/C22H24FN3OS/c1-15(2)17-5-3-16(4-6-17)13-21(27)25-9-11-26(12-10-25)22-24-19-8-7-18(23)14-20(19)28-22/h3-8,14-15H,9-13H2,1-2H3. The molecule has 0 N–H and O–H groups in total. The van der Waals surface area contributed by atoms with Crippen LogP contribution < -0.4 is 4.90 Å². The molecule has 6 heteroatoms. The van der Waals surface area contributed by atoms with Crippen LogP contribution in [0.4, 0.5) is 9.52 Å². The molecule has 4 nitrogen and oxygen atoms in total. The van der Waals surface area contributed by atoms with Crippen LogP contribution in [0.25, 0.3) is 10.2 Å². The van der Waals surface area contributed by atoms with E-state index in [1.807, 2.05) is 4.90 Å². The van der Waals surface area contributed by atoms with E-state index in [1.165, 1.54) is 29.0 Å². The number of benzene rings is 2. The van der Waals surface area contributed by atoms with Gasteiger partial charge in [0.1, 0.15) is 5.82 Å². The lowest BCUT2D eigenvalue weighted by atomic mass is 10.0. The zero-order valence-electron chi connectivity index (χ0n) is 16.2. The van der Waals surface area contributed by atoms with Crippen LogP contribution in [-0.4, -0.2) is 42.0 Å². The van der Waals surface area contributed by atoms with Gasteiger partial charge in [0.25, 0.3) is 0 Å². The van der Waals surface area contributed by atoms with E-state index in [9.17, 15) is 9.18 Å². The third kappa shape index (κ3) is 4.02. The van der Waals surface area contributed by atoms with Crippen molar-refractivity contribution in [1.82, 2.24) is 9.88 Å². The second-order valence-electron chi connectivity index (χ2n) is 7.55. The van der Waals surface area contributed by atoms with E-state index in [4.69, 9.17) is 0 Å². The molecule has 0 radical (unpaired) electrons. The fraction of sp³-hybridized carbons (Fsp3) is 0.364. The normalized spacial score (nSPS) is 14.9. The summed E-state index contributed by atoms with van der Waals surface area (Å²) in [6, 6.07) is 13.0. The lowest BCUT2D eigenvalue weighted by molar-refractivity contribution is -0.130. The van der Waals surface area contributed by atoms with Crippen LogP contribution in [-0.2, 0) is 11.2 Å². The monoisotopic (exact) mass is 397 g/mol. The first-order chi connectivity index (χ1) is 13.5. The Labute approximate surface area is 168 Å². The van der Waals surface area contributed by atoms with E-state index in [0.29, 0.717) is 25.4 Å². The van der Waals surface area contributed by atoms with Crippen LogP contribution in [0.15, 0.2) is 42.5 Å². The summed E-state index contributed by atoms with van der Waals surface area (Å²) in [7, 11) is 0. The molecule has 28 heavy (non-hydrogen) atoms. The average Bonchev–Trinajstić information content (AvgIpc) is 3.11. The first kappa shape index (κ1) is 18.9. The summed E-state index contributed by atoms with van der Waals surface area (Å²) < 4.78 is 14.2. The van der Waals surface area contributed by atoms with Crippen molar-refractivity contribution in [2.24, 2.45) is 0 Å². The molecule has 1 aliphatic rings. The Morgan fingerprint density at radius 2 is 1.82 bits per heavy atom. The highest BCUT2D eigenvalue weighted by Crippen LogP contribution is 2.30. The summed E-state index contributed by atoms with van der Waals surface area (Å²) in [4.78, 5) is 21.4. The highest BCUT2D eigenvalue weighted by molar-refractivity contribution is 7.22. The fourth-order valence-corrected chi connectivity index (χ4v) is 4.52. The Balaban J connectivity index is 1.35. The van der Waals surface area contributed by atoms with Gasteiger partial charge in [-0.2, -0.15) is 0 Å². The smallest absolute Gasteiger partial charge is 0.227 e. The van der Waals surface area contributed by atoms with Gasteiger partial charge in [-0.05, 0) is 35.2 Å². The number of hydrogen-bond donors (Lipinski definition) is 0. The summed E-state index contributed by atoms with van der Waals surface area (Å²) in [6.45, 7) is 7.21. The molecule has 1 fully saturated rings. The summed E-state index contributed by atoms with van der Waals surface area (Å²) in [5, 5.41) is 0.900. The minimum Gasteiger partial charge on any atom is -0.345 e. The number of thiazole rings is 1. The highest BCUT2D eigenvalue weighted by Gasteiger charge is 2.23. The summed E-state index contributed by atoms with van der Waals surface area (Å²) in [5.41, 5.74) is 3.18. The Bertz CT molecular complexity index is 975. The quantitative estimate of drug-likeness (QED) is 0.653. The van der Waals surface area contributed by atoms with Crippen molar-refractivity contribution in [3.8, 4) is 0 Å². The predicted molar refractivity (Wildman–Crippen MR) is 113 cm³/mol. The molecule has 2 aromatic carbocycles. The molecule has 0 aliphatic carbocycles. The van der Waals surface area contributed by atoms with E-state index in [0.717, 1.165) is 34.0 Å². The zero-order valence-corrected chi connectivity index (χ0v) is 17.0. The maximum Gasteiger partial charge on any atom is 0.227 e. The third-order valence-corrected chi connectivity index (χ3v) is 6.32. The molecule has 2 heterocycles. The molecule has 0 spiro atoms. The number of fused-ring (bicyclic) bond motifs is 1. The van der Waals surface area contributed by atoms with Crippen LogP contribution in [0.3, 0.4) is 0 Å². The first-order valence-corrected chi connectivity index (χ1v) is 10.5. The minimum absolute atomic E-state index is 0.170. The molecule has 0 bridgehead atoms. The third-order valence-electron chi connectivity index (χ3n) is 5.24. The van der Waals surface area contributed by atoms with Crippen molar-refractivity contribution in [2.45, 2.75) is 26.2 Å². The van der Waals surface area contributed by atoms with Crippen LogP contribution in [0, 0.1) is 5.82 Å². The number of rotatable bonds is 4. The second-order valence-corrected chi connectivity index (χ2v) is 8.56. The molecule has 1 saturated heterocycles. The number of carbonyl (C=O) groups is 1. The Kier molecular flexibility index (Phi) is 5.31. The number of anilines is 1. The second kappa shape index (κ2) is 7.87. The van der Waals surface area contributed by atoms with E-state index in [-0.39, 0.29) is 11.7 Å². The number of aromatic nitrogens is 1. The minimum atomic E-state index is -0.237. The van der Waals surface area contributed by atoms with Crippen molar-refractivity contribution >= 4 is 32.6 Å². The number of hydrogen-bond acceptors (Lipinski definition) is 4. The Morgan fingerprint density at radius 3 is 2.50 bits per heavy atom. The molecule has 1 amide bonds. The molecule has 0 unspecified atom stereocenters. The van der Waals surface area contributed by atoms with E-state index < -0.39 is 0 Å². The number of halogens is 1. The van der Waals surface area contributed by atoms with Crippen molar-refractivity contribution < 1.29 is 9.18 Å². The van der Waals surface area contributed by atoms with Gasteiger partial charge in [0.05, 0.1) is 16.6 Å². The highest BCUT2D eigenvalue weighted by atomic mass is 32.1. The molecule has 1 aromatic heterocycles. The maximum absolute atomic E-state index is 13.4. The molecule has 0 atom stereocenters. The fourth-order valence-electron chi connectivity index (χ4n) is 3.48. The number of amides is 1. The Morgan fingerprint density at radius 1 is 1.11 bits per heavy atom. The van der Waals surface area contributed by atoms with Crippen molar-refractivity contribution in [1.29, 1.82) is 0 Å². The molecule has 1 aliphatic heterocycles. The lowest BCUT2D eigenvalue weighted by Gasteiger charge is -2.34. The zero-order chi connectivity index (χ0) is 19.7. The topological polar surface area (TPSA) is 36.4 Å².